The zero-order valence-electron chi connectivity index (χ0n) is 17.1. The topological polar surface area (TPSA) is 88.5 Å². The van der Waals surface area contributed by atoms with Crippen molar-refractivity contribution in [2.24, 2.45) is 5.10 Å². The highest BCUT2D eigenvalue weighted by Gasteiger charge is 2.15. The Bertz CT molecular complexity index is 1420. The van der Waals surface area contributed by atoms with E-state index in [2.05, 4.69) is 15.4 Å². The third-order valence-electron chi connectivity index (χ3n) is 5.42. The van der Waals surface area contributed by atoms with E-state index in [-0.39, 0.29) is 5.91 Å². The van der Waals surface area contributed by atoms with Crippen molar-refractivity contribution in [1.29, 1.82) is 0 Å². The number of aromatic nitrogens is 1. The predicted molar refractivity (Wildman–Crippen MR) is 118 cm³/mol. The molecule has 0 atom stereocenters. The Morgan fingerprint density at radius 1 is 1.16 bits per heavy atom. The highest BCUT2D eigenvalue weighted by molar-refractivity contribution is 5.98. The zero-order chi connectivity index (χ0) is 21.5. The molecular weight excluding hydrogens is 396 g/mol. The smallest absolute Gasteiger partial charge is 0.346 e. The minimum Gasteiger partial charge on any atom is -0.490 e. The van der Waals surface area contributed by atoms with Gasteiger partial charge < -0.3 is 14.1 Å². The van der Waals surface area contributed by atoms with Gasteiger partial charge in [-0.1, -0.05) is 6.07 Å². The molecule has 4 aromatic rings. The van der Waals surface area contributed by atoms with Crippen LogP contribution in [0.4, 0.5) is 5.69 Å². The van der Waals surface area contributed by atoms with Crippen molar-refractivity contribution >= 4 is 34.4 Å². The van der Waals surface area contributed by atoms with Crippen LogP contribution in [-0.4, -0.2) is 36.7 Å². The number of anilines is 1. The fraction of sp³-hybridized carbons (Fsp3) is 0.174. The van der Waals surface area contributed by atoms with E-state index >= 15 is 0 Å². The lowest BCUT2D eigenvalue weighted by molar-refractivity contribution is 0.0955. The molecule has 0 unspecified atom stereocenters. The number of aryl methyl sites for hydroxylation is 1. The molecule has 1 amide bonds. The molecule has 0 aliphatic carbocycles. The number of hydrazone groups is 1. The molecule has 8 heteroatoms. The third kappa shape index (κ3) is 3.31. The van der Waals surface area contributed by atoms with Crippen LogP contribution in [0.5, 0.6) is 5.75 Å². The number of hydrogen-bond donors (Lipinski definition) is 1. The van der Waals surface area contributed by atoms with Crippen LogP contribution in [0.15, 0.2) is 62.8 Å². The summed E-state index contributed by atoms with van der Waals surface area (Å²) < 4.78 is 12.8. The molecule has 5 rings (SSSR count). The molecule has 31 heavy (non-hydrogen) atoms. The molecule has 156 valence electrons. The van der Waals surface area contributed by atoms with E-state index in [0.717, 1.165) is 29.2 Å². The van der Waals surface area contributed by atoms with Gasteiger partial charge in [0.25, 0.3) is 5.91 Å². The van der Waals surface area contributed by atoms with Gasteiger partial charge in [-0.05, 0) is 48.9 Å². The Hall–Kier alpha value is -4.07. The Morgan fingerprint density at radius 2 is 2.03 bits per heavy atom. The SMILES string of the molecule is Cc1ccc2oc(=O)c3ccc(C(=O)N/N=C/c4ccc5c(c4)OCCN5C)cc3n12. The van der Waals surface area contributed by atoms with Crippen LogP contribution < -0.4 is 20.7 Å². The number of ether oxygens (including phenoxy) is 1. The summed E-state index contributed by atoms with van der Waals surface area (Å²) in [6.45, 7) is 3.39. The summed E-state index contributed by atoms with van der Waals surface area (Å²) in [5, 5.41) is 4.48. The van der Waals surface area contributed by atoms with Crippen molar-refractivity contribution in [3.63, 3.8) is 0 Å². The van der Waals surface area contributed by atoms with Gasteiger partial charge in [-0.25, -0.2) is 10.2 Å². The maximum absolute atomic E-state index is 12.6. The lowest BCUT2D eigenvalue weighted by atomic mass is 10.1. The Morgan fingerprint density at radius 3 is 2.90 bits per heavy atom. The van der Waals surface area contributed by atoms with Crippen LogP contribution in [-0.2, 0) is 0 Å². The van der Waals surface area contributed by atoms with Crippen LogP contribution >= 0.6 is 0 Å². The molecule has 0 spiro atoms. The minimum atomic E-state index is -0.439. The van der Waals surface area contributed by atoms with Gasteiger partial charge in [-0.2, -0.15) is 5.10 Å². The largest absolute Gasteiger partial charge is 0.490 e. The van der Waals surface area contributed by atoms with Crippen LogP contribution in [0.1, 0.15) is 21.6 Å². The zero-order valence-corrected chi connectivity index (χ0v) is 17.1. The van der Waals surface area contributed by atoms with Crippen molar-refractivity contribution in [3.8, 4) is 5.75 Å². The molecule has 1 aliphatic heterocycles. The predicted octanol–water partition coefficient (Wildman–Crippen LogP) is 2.95. The summed E-state index contributed by atoms with van der Waals surface area (Å²) in [5.41, 5.74) is 6.28. The van der Waals surface area contributed by atoms with Crippen molar-refractivity contribution in [2.45, 2.75) is 6.92 Å². The van der Waals surface area contributed by atoms with Gasteiger partial charge >= 0.3 is 5.63 Å². The molecule has 0 radical (unpaired) electrons. The second kappa shape index (κ2) is 7.32. The van der Waals surface area contributed by atoms with Gasteiger partial charge in [0.15, 0.2) is 0 Å². The molecule has 3 heterocycles. The standard InChI is InChI=1S/C23H20N4O4/c1-14-3-8-21-27(14)19-12-16(5-6-17(19)23(29)31-21)22(28)25-24-13-15-4-7-18-20(11-15)30-10-9-26(18)2/h3-8,11-13H,9-10H2,1-2H3,(H,25,28)/b24-13+. The van der Waals surface area contributed by atoms with Crippen molar-refractivity contribution in [1.82, 2.24) is 9.83 Å². The maximum atomic E-state index is 12.6. The first kappa shape index (κ1) is 18.9. The van der Waals surface area contributed by atoms with Crippen molar-refractivity contribution in [3.05, 3.63) is 75.8 Å². The number of benzene rings is 2. The molecule has 8 nitrogen and oxygen atoms in total. The molecule has 2 aromatic heterocycles. The Labute approximate surface area is 177 Å². The fourth-order valence-corrected chi connectivity index (χ4v) is 3.77. The number of nitrogens with zero attached hydrogens (tertiary/aromatic N) is 3. The first-order valence-electron chi connectivity index (χ1n) is 9.87. The number of amides is 1. The molecule has 0 saturated carbocycles. The summed E-state index contributed by atoms with van der Waals surface area (Å²) in [4.78, 5) is 27.0. The van der Waals surface area contributed by atoms with E-state index in [1.54, 1.807) is 34.9 Å². The summed E-state index contributed by atoms with van der Waals surface area (Å²) in [7, 11) is 2.02. The van der Waals surface area contributed by atoms with Crippen LogP contribution in [0, 0.1) is 6.92 Å². The lowest BCUT2D eigenvalue weighted by Crippen LogP contribution is -2.28. The van der Waals surface area contributed by atoms with Crippen LogP contribution in [0.2, 0.25) is 0 Å². The molecular formula is C23H20N4O4. The third-order valence-corrected chi connectivity index (χ3v) is 5.42. The van der Waals surface area contributed by atoms with Gasteiger partial charge in [-0.15, -0.1) is 0 Å². The van der Waals surface area contributed by atoms with Gasteiger partial charge in [0.1, 0.15) is 12.4 Å². The molecule has 1 N–H and O–H groups in total. The molecule has 2 aromatic carbocycles. The van der Waals surface area contributed by atoms with E-state index in [0.29, 0.717) is 28.8 Å². The van der Waals surface area contributed by atoms with Gasteiger partial charge in [0.2, 0.25) is 5.71 Å². The fourth-order valence-electron chi connectivity index (χ4n) is 3.77. The summed E-state index contributed by atoms with van der Waals surface area (Å²) >= 11 is 0. The number of hydrogen-bond acceptors (Lipinski definition) is 6. The van der Waals surface area contributed by atoms with Gasteiger partial charge in [0.05, 0.1) is 29.3 Å². The average molecular weight is 416 g/mol. The van der Waals surface area contributed by atoms with E-state index in [1.807, 2.05) is 38.2 Å². The maximum Gasteiger partial charge on any atom is 0.346 e. The quantitative estimate of drug-likeness (QED) is 0.410. The van der Waals surface area contributed by atoms with E-state index < -0.39 is 5.63 Å². The highest BCUT2D eigenvalue weighted by atomic mass is 16.5. The van der Waals surface area contributed by atoms with E-state index in [1.165, 1.54) is 0 Å². The van der Waals surface area contributed by atoms with Crippen LogP contribution in [0.3, 0.4) is 0 Å². The molecule has 0 saturated heterocycles. The number of carbonyl (C=O) groups excluding carboxylic acids is 1. The van der Waals surface area contributed by atoms with Gasteiger partial charge in [-0.3, -0.25) is 9.20 Å². The molecule has 0 bridgehead atoms. The second-order valence-electron chi connectivity index (χ2n) is 7.47. The number of carbonyl (C=O) groups is 1. The summed E-state index contributed by atoms with van der Waals surface area (Å²) in [6.07, 6.45) is 1.57. The van der Waals surface area contributed by atoms with Crippen molar-refractivity contribution < 1.29 is 13.9 Å². The molecule has 0 fully saturated rings. The van der Waals surface area contributed by atoms with Crippen molar-refractivity contribution in [2.75, 3.05) is 25.1 Å². The molecule has 1 aliphatic rings. The monoisotopic (exact) mass is 416 g/mol. The Kier molecular flexibility index (Phi) is 4.47. The number of likely N-dealkylation sites (N-methyl/N-ethyl adjacent to an activating group) is 1. The second-order valence-corrected chi connectivity index (χ2v) is 7.47. The number of rotatable bonds is 3. The average Bonchev–Trinajstić information content (AvgIpc) is 3.14. The minimum absolute atomic E-state index is 0.377. The Balaban J connectivity index is 1.40. The first-order chi connectivity index (χ1) is 15.0. The summed E-state index contributed by atoms with van der Waals surface area (Å²) in [6, 6.07) is 14.2. The normalized spacial score (nSPS) is 13.5. The highest BCUT2D eigenvalue weighted by Crippen LogP contribution is 2.30. The number of nitrogens with one attached hydrogen (secondary N) is 1. The van der Waals surface area contributed by atoms with Gasteiger partial charge in [0, 0.05) is 24.4 Å². The summed E-state index contributed by atoms with van der Waals surface area (Å²) in [5.74, 6) is 0.418. The van der Waals surface area contributed by atoms with E-state index in [4.69, 9.17) is 9.15 Å². The first-order valence-corrected chi connectivity index (χ1v) is 9.87. The number of fused-ring (bicyclic) bond motifs is 4. The van der Waals surface area contributed by atoms with E-state index in [9.17, 15) is 9.59 Å². The van der Waals surface area contributed by atoms with Crippen LogP contribution in [0.25, 0.3) is 16.6 Å². The lowest BCUT2D eigenvalue weighted by Gasteiger charge is -2.27.